The van der Waals surface area contributed by atoms with Crippen LogP contribution >= 0.6 is 0 Å². The Labute approximate surface area is 111 Å². The third-order valence-electron chi connectivity index (χ3n) is 3.22. The van der Waals surface area contributed by atoms with E-state index in [4.69, 9.17) is 10.5 Å². The maximum atomic E-state index is 11.4. The van der Waals surface area contributed by atoms with E-state index in [0.717, 1.165) is 22.2 Å². The number of rotatable bonds is 4. The van der Waals surface area contributed by atoms with E-state index >= 15 is 0 Å². The molecule has 1 aromatic carbocycles. The minimum atomic E-state index is -0.651. The molecular weight excluding hydrogens is 244 g/mol. The average molecular weight is 262 g/mol. The Morgan fingerprint density at radius 3 is 2.79 bits per heavy atom. The number of nitrogens with zero attached hydrogens (tertiary/aromatic N) is 1. The fourth-order valence-corrected chi connectivity index (χ4v) is 2.21. The molecule has 0 fully saturated rings. The van der Waals surface area contributed by atoms with Gasteiger partial charge >= 0.3 is 5.97 Å². The number of hydrogen-bond acceptors (Lipinski definition) is 4. The zero-order valence-electron chi connectivity index (χ0n) is 11.3. The van der Waals surface area contributed by atoms with Crippen LogP contribution in [0.25, 0.3) is 10.9 Å². The average Bonchev–Trinajstić information content (AvgIpc) is 2.73. The summed E-state index contributed by atoms with van der Waals surface area (Å²) < 4.78 is 11.9. The van der Waals surface area contributed by atoms with Gasteiger partial charge in [-0.3, -0.25) is 4.79 Å². The summed E-state index contributed by atoms with van der Waals surface area (Å²) in [5.41, 5.74) is 7.90. The summed E-state index contributed by atoms with van der Waals surface area (Å²) in [7, 11) is 4.93. The van der Waals surface area contributed by atoms with Crippen molar-refractivity contribution in [2.24, 2.45) is 12.8 Å². The zero-order chi connectivity index (χ0) is 14.0. The van der Waals surface area contributed by atoms with Crippen LogP contribution in [0, 0.1) is 0 Å². The highest BCUT2D eigenvalue weighted by Crippen LogP contribution is 2.26. The second kappa shape index (κ2) is 5.32. The van der Waals surface area contributed by atoms with Gasteiger partial charge in [-0.1, -0.05) is 0 Å². The van der Waals surface area contributed by atoms with Gasteiger partial charge in [-0.15, -0.1) is 0 Å². The third kappa shape index (κ3) is 2.56. The van der Waals surface area contributed by atoms with Crippen LogP contribution in [-0.4, -0.2) is 30.8 Å². The quantitative estimate of drug-likeness (QED) is 0.842. The number of fused-ring (bicyclic) bond motifs is 1. The molecule has 0 spiro atoms. The number of hydrogen-bond donors (Lipinski definition) is 1. The standard InChI is InChI=1S/C14H18N2O3/c1-16-8-9(6-12(15)14(17)19-3)11-7-10(18-2)4-5-13(11)16/h4-5,7-8,12H,6,15H2,1-3H3. The number of aryl methyl sites for hydroxylation is 1. The molecule has 2 aromatic rings. The Morgan fingerprint density at radius 1 is 1.42 bits per heavy atom. The van der Waals surface area contributed by atoms with Crippen LogP contribution in [0.15, 0.2) is 24.4 Å². The fourth-order valence-electron chi connectivity index (χ4n) is 2.21. The molecule has 1 aromatic heterocycles. The van der Waals surface area contributed by atoms with Gasteiger partial charge in [0.15, 0.2) is 0 Å². The van der Waals surface area contributed by atoms with Crippen molar-refractivity contribution in [3.63, 3.8) is 0 Å². The van der Waals surface area contributed by atoms with Crippen molar-refractivity contribution in [2.45, 2.75) is 12.5 Å². The molecule has 0 aliphatic heterocycles. The van der Waals surface area contributed by atoms with E-state index in [1.807, 2.05) is 36.0 Å². The van der Waals surface area contributed by atoms with Gasteiger partial charge in [0.05, 0.1) is 14.2 Å². The number of aromatic nitrogens is 1. The first-order chi connectivity index (χ1) is 9.06. The van der Waals surface area contributed by atoms with E-state index in [0.29, 0.717) is 6.42 Å². The lowest BCUT2D eigenvalue weighted by atomic mass is 10.1. The first-order valence-corrected chi connectivity index (χ1v) is 6.02. The van der Waals surface area contributed by atoms with Crippen molar-refractivity contribution in [1.82, 2.24) is 4.57 Å². The number of ether oxygens (including phenoxy) is 2. The molecule has 0 amide bonds. The molecule has 19 heavy (non-hydrogen) atoms. The van der Waals surface area contributed by atoms with E-state index in [1.54, 1.807) is 7.11 Å². The summed E-state index contributed by atoms with van der Waals surface area (Å²) >= 11 is 0. The van der Waals surface area contributed by atoms with E-state index in [9.17, 15) is 4.79 Å². The van der Waals surface area contributed by atoms with Crippen molar-refractivity contribution < 1.29 is 14.3 Å². The SMILES string of the molecule is COC(=O)C(N)Cc1cn(C)c2ccc(OC)cc12. The van der Waals surface area contributed by atoms with Crippen LogP contribution in [0.5, 0.6) is 5.75 Å². The third-order valence-corrected chi connectivity index (χ3v) is 3.22. The summed E-state index contributed by atoms with van der Waals surface area (Å²) in [5, 5.41) is 1.04. The molecule has 102 valence electrons. The van der Waals surface area contributed by atoms with Gasteiger partial charge in [-0.25, -0.2) is 0 Å². The van der Waals surface area contributed by atoms with Crippen LogP contribution in [0.3, 0.4) is 0 Å². The van der Waals surface area contributed by atoms with Crippen LogP contribution in [-0.2, 0) is 23.0 Å². The number of carbonyl (C=O) groups excluding carboxylic acids is 1. The second-order valence-electron chi connectivity index (χ2n) is 4.48. The summed E-state index contributed by atoms with van der Waals surface area (Å²) in [5.74, 6) is 0.381. The lowest BCUT2D eigenvalue weighted by Gasteiger charge is -2.08. The number of benzene rings is 1. The van der Waals surface area contributed by atoms with Gasteiger partial charge in [-0.05, 0) is 23.8 Å². The van der Waals surface area contributed by atoms with Gasteiger partial charge in [-0.2, -0.15) is 0 Å². The van der Waals surface area contributed by atoms with Crippen LogP contribution in [0.4, 0.5) is 0 Å². The molecule has 0 saturated heterocycles. The van der Waals surface area contributed by atoms with E-state index in [-0.39, 0.29) is 0 Å². The number of methoxy groups -OCH3 is 2. The van der Waals surface area contributed by atoms with Crippen LogP contribution < -0.4 is 10.5 Å². The van der Waals surface area contributed by atoms with Crippen molar-refractivity contribution in [2.75, 3.05) is 14.2 Å². The summed E-state index contributed by atoms with van der Waals surface area (Å²) in [6.45, 7) is 0. The lowest BCUT2D eigenvalue weighted by Crippen LogP contribution is -2.33. The normalized spacial score (nSPS) is 12.4. The van der Waals surface area contributed by atoms with Gasteiger partial charge in [0, 0.05) is 30.6 Å². The van der Waals surface area contributed by atoms with Crippen molar-refractivity contribution >= 4 is 16.9 Å². The predicted molar refractivity (Wildman–Crippen MR) is 73.2 cm³/mol. The highest BCUT2D eigenvalue weighted by atomic mass is 16.5. The predicted octanol–water partition coefficient (Wildman–Crippen LogP) is 1.23. The molecule has 0 aliphatic carbocycles. The van der Waals surface area contributed by atoms with Crippen LogP contribution in [0.1, 0.15) is 5.56 Å². The molecule has 5 heteroatoms. The summed E-state index contributed by atoms with van der Waals surface area (Å²) in [4.78, 5) is 11.4. The Bertz CT molecular complexity index is 604. The highest BCUT2D eigenvalue weighted by Gasteiger charge is 2.17. The first-order valence-electron chi connectivity index (χ1n) is 6.02. The van der Waals surface area contributed by atoms with Gasteiger partial charge < -0.3 is 19.8 Å². The highest BCUT2D eigenvalue weighted by molar-refractivity contribution is 5.86. The minimum Gasteiger partial charge on any atom is -0.497 e. The maximum absolute atomic E-state index is 11.4. The Hall–Kier alpha value is -2.01. The van der Waals surface area contributed by atoms with E-state index < -0.39 is 12.0 Å². The Morgan fingerprint density at radius 2 is 2.16 bits per heavy atom. The molecule has 1 heterocycles. The Kier molecular flexibility index (Phi) is 3.76. The van der Waals surface area contributed by atoms with Crippen molar-refractivity contribution in [1.29, 1.82) is 0 Å². The van der Waals surface area contributed by atoms with Gasteiger partial charge in [0.25, 0.3) is 0 Å². The minimum absolute atomic E-state index is 0.403. The smallest absolute Gasteiger partial charge is 0.322 e. The molecule has 2 rings (SSSR count). The number of esters is 1. The fraction of sp³-hybridized carbons (Fsp3) is 0.357. The molecular formula is C14H18N2O3. The topological polar surface area (TPSA) is 66.5 Å². The molecule has 1 atom stereocenters. The van der Waals surface area contributed by atoms with Crippen molar-refractivity contribution in [3.8, 4) is 5.75 Å². The largest absolute Gasteiger partial charge is 0.497 e. The molecule has 0 aliphatic rings. The van der Waals surface area contributed by atoms with Crippen molar-refractivity contribution in [3.05, 3.63) is 30.0 Å². The molecule has 2 N–H and O–H groups in total. The zero-order valence-corrected chi connectivity index (χ0v) is 11.3. The first kappa shape index (κ1) is 13.4. The molecule has 1 unspecified atom stereocenters. The molecule has 0 radical (unpaired) electrons. The monoisotopic (exact) mass is 262 g/mol. The lowest BCUT2D eigenvalue weighted by molar-refractivity contribution is -0.142. The summed E-state index contributed by atoms with van der Waals surface area (Å²) in [6.07, 6.45) is 2.42. The van der Waals surface area contributed by atoms with E-state index in [2.05, 4.69) is 4.74 Å². The van der Waals surface area contributed by atoms with E-state index in [1.165, 1.54) is 7.11 Å². The Balaban J connectivity index is 2.40. The van der Waals surface area contributed by atoms with Crippen LogP contribution in [0.2, 0.25) is 0 Å². The number of carbonyl (C=O) groups is 1. The maximum Gasteiger partial charge on any atom is 0.322 e. The molecule has 0 saturated carbocycles. The summed E-state index contributed by atoms with van der Waals surface area (Å²) in [6, 6.07) is 5.20. The number of nitrogens with two attached hydrogens (primary N) is 1. The van der Waals surface area contributed by atoms with Gasteiger partial charge in [0.2, 0.25) is 0 Å². The molecule has 0 bridgehead atoms. The second-order valence-corrected chi connectivity index (χ2v) is 4.48. The molecule has 5 nitrogen and oxygen atoms in total. The van der Waals surface area contributed by atoms with Gasteiger partial charge in [0.1, 0.15) is 11.8 Å².